The number of nitrogens with zero attached hydrogens (tertiary/aromatic N) is 3. The summed E-state index contributed by atoms with van der Waals surface area (Å²) in [6, 6.07) is 16.7. The van der Waals surface area contributed by atoms with Crippen LogP contribution in [0.3, 0.4) is 0 Å². The first-order valence-electron chi connectivity index (χ1n) is 8.49. The molecule has 0 saturated heterocycles. The van der Waals surface area contributed by atoms with Gasteiger partial charge < -0.3 is 10.2 Å². The van der Waals surface area contributed by atoms with E-state index >= 15 is 0 Å². The Morgan fingerprint density at radius 1 is 1.11 bits per heavy atom. The Hall–Kier alpha value is -2.80. The predicted octanol–water partition coefficient (Wildman–Crippen LogP) is 3.91. The van der Waals surface area contributed by atoms with Crippen molar-refractivity contribution in [3.05, 3.63) is 80.7 Å². The van der Waals surface area contributed by atoms with Crippen molar-refractivity contribution in [1.82, 2.24) is 14.3 Å². The smallest absolute Gasteiger partial charge is 0.322 e. The summed E-state index contributed by atoms with van der Waals surface area (Å²) in [5.74, 6) is 0. The maximum Gasteiger partial charge on any atom is 0.322 e. The molecule has 3 aromatic rings. The molecule has 0 atom stereocenters. The van der Waals surface area contributed by atoms with E-state index in [1.807, 2.05) is 61.5 Å². The van der Waals surface area contributed by atoms with Crippen molar-refractivity contribution >= 4 is 27.6 Å². The number of rotatable bonds is 4. The fourth-order valence-corrected chi connectivity index (χ4v) is 3.28. The molecule has 0 aliphatic carbocycles. The molecule has 0 aliphatic rings. The number of aromatic nitrogens is 2. The molecule has 2 aromatic carbocycles. The molecule has 2 amide bonds. The second-order valence-electron chi connectivity index (χ2n) is 6.31. The summed E-state index contributed by atoms with van der Waals surface area (Å²) in [6.45, 7) is 2.23. The summed E-state index contributed by atoms with van der Waals surface area (Å²) in [4.78, 5) is 27.1. The van der Waals surface area contributed by atoms with E-state index in [1.165, 1.54) is 0 Å². The Morgan fingerprint density at radius 3 is 2.41 bits per heavy atom. The van der Waals surface area contributed by atoms with Gasteiger partial charge in [0.2, 0.25) is 0 Å². The van der Waals surface area contributed by atoms with Crippen LogP contribution >= 0.6 is 15.9 Å². The van der Waals surface area contributed by atoms with Crippen molar-refractivity contribution in [2.24, 2.45) is 7.05 Å². The molecule has 0 spiro atoms. The van der Waals surface area contributed by atoms with Crippen LogP contribution in [0.2, 0.25) is 0 Å². The van der Waals surface area contributed by atoms with Crippen molar-refractivity contribution in [2.75, 3.05) is 12.4 Å². The number of anilines is 1. The maximum absolute atomic E-state index is 12.9. The van der Waals surface area contributed by atoms with Gasteiger partial charge in [0.15, 0.2) is 0 Å². The highest BCUT2D eigenvalue weighted by Gasteiger charge is 2.20. The van der Waals surface area contributed by atoms with E-state index in [-0.39, 0.29) is 17.3 Å². The number of amides is 2. The van der Waals surface area contributed by atoms with Crippen molar-refractivity contribution in [3.63, 3.8) is 0 Å². The first-order valence-corrected chi connectivity index (χ1v) is 9.29. The highest BCUT2D eigenvalue weighted by atomic mass is 79.9. The highest BCUT2D eigenvalue weighted by Crippen LogP contribution is 2.18. The number of hydrogen-bond acceptors (Lipinski definition) is 2. The monoisotopic (exact) mass is 428 g/mol. The van der Waals surface area contributed by atoms with E-state index in [0.29, 0.717) is 12.2 Å². The van der Waals surface area contributed by atoms with Crippen molar-refractivity contribution in [2.45, 2.75) is 13.5 Å². The van der Waals surface area contributed by atoms with Gasteiger partial charge in [0, 0.05) is 25.1 Å². The molecular formula is C20H21BrN4O2. The quantitative estimate of drug-likeness (QED) is 0.684. The molecule has 0 aliphatic heterocycles. The van der Waals surface area contributed by atoms with Crippen LogP contribution in [-0.2, 0) is 13.6 Å². The second-order valence-corrected chi connectivity index (χ2v) is 7.17. The van der Waals surface area contributed by atoms with Crippen LogP contribution in [0.4, 0.5) is 10.5 Å². The van der Waals surface area contributed by atoms with E-state index in [1.54, 1.807) is 28.4 Å². The average molecular weight is 429 g/mol. The molecule has 0 saturated carbocycles. The summed E-state index contributed by atoms with van der Waals surface area (Å²) in [6.07, 6.45) is 0. The molecule has 1 aromatic heterocycles. The Kier molecular flexibility index (Phi) is 5.51. The van der Waals surface area contributed by atoms with Gasteiger partial charge in [-0.2, -0.15) is 0 Å². The summed E-state index contributed by atoms with van der Waals surface area (Å²) < 4.78 is 4.21. The standard InChI is InChI=1S/C20H21BrN4O2/c1-14-18(19(26)25(24(14)3)16-10-5-4-6-11-16)22-20(27)23(2)13-15-9-7-8-12-17(15)21/h4-12H,13H2,1-3H3,(H,22,27). The van der Waals surface area contributed by atoms with Crippen molar-refractivity contribution in [3.8, 4) is 5.69 Å². The molecule has 1 N–H and O–H groups in total. The van der Waals surface area contributed by atoms with Crippen LogP contribution in [0.25, 0.3) is 5.69 Å². The third-order valence-corrected chi connectivity index (χ3v) is 5.27. The van der Waals surface area contributed by atoms with Gasteiger partial charge in [-0.05, 0) is 30.7 Å². The number of halogens is 1. The van der Waals surface area contributed by atoms with Crippen molar-refractivity contribution < 1.29 is 4.79 Å². The number of hydrogen-bond donors (Lipinski definition) is 1. The van der Waals surface area contributed by atoms with Gasteiger partial charge in [0.25, 0.3) is 5.56 Å². The maximum atomic E-state index is 12.9. The van der Waals surface area contributed by atoms with Gasteiger partial charge in [-0.1, -0.05) is 52.3 Å². The Bertz CT molecular complexity index is 1020. The Morgan fingerprint density at radius 2 is 1.74 bits per heavy atom. The molecule has 0 fully saturated rings. The first kappa shape index (κ1) is 19.0. The molecule has 27 heavy (non-hydrogen) atoms. The molecule has 0 bridgehead atoms. The number of urea groups is 1. The summed E-state index contributed by atoms with van der Waals surface area (Å²) >= 11 is 3.49. The van der Waals surface area contributed by atoms with Gasteiger partial charge in [-0.15, -0.1) is 0 Å². The second kappa shape index (κ2) is 7.84. The van der Waals surface area contributed by atoms with Gasteiger partial charge >= 0.3 is 6.03 Å². The fourth-order valence-electron chi connectivity index (χ4n) is 2.87. The fraction of sp³-hybridized carbons (Fsp3) is 0.200. The number of benzene rings is 2. The number of carbonyl (C=O) groups excluding carboxylic acids is 1. The summed E-state index contributed by atoms with van der Waals surface area (Å²) in [7, 11) is 3.49. The molecule has 140 valence electrons. The van der Waals surface area contributed by atoms with Gasteiger partial charge in [-0.3, -0.25) is 9.48 Å². The third-order valence-electron chi connectivity index (χ3n) is 4.50. The van der Waals surface area contributed by atoms with E-state index in [0.717, 1.165) is 15.7 Å². The molecule has 1 heterocycles. The molecule has 7 heteroatoms. The molecule has 0 unspecified atom stereocenters. The minimum absolute atomic E-state index is 0.260. The number of carbonyl (C=O) groups is 1. The van der Waals surface area contributed by atoms with Crippen molar-refractivity contribution in [1.29, 1.82) is 0 Å². The molecule has 6 nitrogen and oxygen atoms in total. The predicted molar refractivity (Wildman–Crippen MR) is 110 cm³/mol. The normalized spacial score (nSPS) is 10.7. The van der Waals surface area contributed by atoms with Gasteiger partial charge in [0.05, 0.1) is 11.4 Å². The van der Waals surface area contributed by atoms with Crippen LogP contribution in [0.15, 0.2) is 63.9 Å². The van der Waals surface area contributed by atoms with Crippen LogP contribution < -0.4 is 10.9 Å². The van der Waals surface area contributed by atoms with Crippen LogP contribution in [0, 0.1) is 6.92 Å². The molecular weight excluding hydrogens is 408 g/mol. The topological polar surface area (TPSA) is 59.3 Å². The van der Waals surface area contributed by atoms with Crippen LogP contribution in [0.5, 0.6) is 0 Å². The lowest BCUT2D eigenvalue weighted by Gasteiger charge is -2.18. The number of para-hydroxylation sites is 1. The van der Waals surface area contributed by atoms with Gasteiger partial charge in [-0.25, -0.2) is 9.48 Å². The third kappa shape index (κ3) is 3.83. The Labute approximate surface area is 166 Å². The minimum Gasteiger partial charge on any atom is -0.323 e. The highest BCUT2D eigenvalue weighted by molar-refractivity contribution is 9.10. The zero-order valence-electron chi connectivity index (χ0n) is 15.4. The SMILES string of the molecule is Cc1c(NC(=O)N(C)Cc2ccccc2Br)c(=O)n(-c2ccccc2)n1C. The largest absolute Gasteiger partial charge is 0.323 e. The van der Waals surface area contributed by atoms with Crippen LogP contribution in [0.1, 0.15) is 11.3 Å². The lowest BCUT2D eigenvalue weighted by Crippen LogP contribution is -2.33. The van der Waals surface area contributed by atoms with Gasteiger partial charge in [0.1, 0.15) is 5.69 Å². The van der Waals surface area contributed by atoms with E-state index in [4.69, 9.17) is 0 Å². The van der Waals surface area contributed by atoms with E-state index in [2.05, 4.69) is 21.2 Å². The lowest BCUT2D eigenvalue weighted by atomic mass is 10.2. The minimum atomic E-state index is -0.336. The average Bonchev–Trinajstić information content (AvgIpc) is 2.87. The summed E-state index contributed by atoms with van der Waals surface area (Å²) in [5.41, 5.74) is 2.44. The Balaban J connectivity index is 1.84. The first-order chi connectivity index (χ1) is 12.9. The van der Waals surface area contributed by atoms with Crippen LogP contribution in [-0.4, -0.2) is 27.3 Å². The summed E-state index contributed by atoms with van der Waals surface area (Å²) in [5, 5.41) is 2.77. The zero-order chi connectivity index (χ0) is 19.6. The van der Waals surface area contributed by atoms with E-state index in [9.17, 15) is 9.59 Å². The molecule has 0 radical (unpaired) electrons. The number of nitrogens with one attached hydrogen (secondary N) is 1. The molecule has 3 rings (SSSR count). The zero-order valence-corrected chi connectivity index (χ0v) is 17.0. The van der Waals surface area contributed by atoms with E-state index < -0.39 is 0 Å². The lowest BCUT2D eigenvalue weighted by molar-refractivity contribution is 0.220.